The van der Waals surface area contributed by atoms with E-state index in [1.54, 1.807) is 24.3 Å². The van der Waals surface area contributed by atoms with E-state index in [-0.39, 0.29) is 22.0 Å². The number of hydrogen-bond donors (Lipinski definition) is 2. The number of thiocarbonyl (C=S) groups is 1. The van der Waals surface area contributed by atoms with Gasteiger partial charge in [0.15, 0.2) is 5.11 Å². The quantitative estimate of drug-likeness (QED) is 0.312. The number of nitrogens with one attached hydrogen (secondary N) is 1. The fourth-order valence-electron chi connectivity index (χ4n) is 3.47. The average molecular weight is 481 g/mol. The Kier molecular flexibility index (Phi) is 6.13. The lowest BCUT2D eigenvalue weighted by Gasteiger charge is -2.30. The minimum Gasteiger partial charge on any atom is -0.478 e. The van der Waals surface area contributed by atoms with Gasteiger partial charge in [-0.15, -0.1) is 0 Å². The number of carboxylic acid groups (broad SMARTS) is 1. The van der Waals surface area contributed by atoms with E-state index in [0.717, 1.165) is 5.56 Å². The monoisotopic (exact) mass is 480 g/mol. The zero-order valence-electron chi connectivity index (χ0n) is 17.3. The van der Waals surface area contributed by atoms with Crippen molar-refractivity contribution in [3.8, 4) is 11.3 Å². The first-order valence-electron chi connectivity index (χ1n) is 9.92. The topological polar surface area (TPSA) is 99.8 Å². The number of rotatable bonds is 5. The number of benzene rings is 2. The second kappa shape index (κ2) is 9.01. The van der Waals surface area contributed by atoms with Gasteiger partial charge in [0.1, 0.15) is 17.1 Å². The van der Waals surface area contributed by atoms with Crippen LogP contribution in [0.3, 0.4) is 0 Å². The highest BCUT2D eigenvalue weighted by Gasteiger charge is 2.35. The third-order valence-electron chi connectivity index (χ3n) is 5.11. The molecule has 1 aromatic heterocycles. The number of carbonyl (C=O) groups excluding carboxylic acids is 2. The van der Waals surface area contributed by atoms with Crippen molar-refractivity contribution in [3.05, 3.63) is 82.1 Å². The zero-order valence-corrected chi connectivity index (χ0v) is 18.9. The summed E-state index contributed by atoms with van der Waals surface area (Å²) in [4.78, 5) is 38.4. The third-order valence-corrected chi connectivity index (χ3v) is 5.72. The van der Waals surface area contributed by atoms with Gasteiger partial charge >= 0.3 is 5.97 Å². The summed E-state index contributed by atoms with van der Waals surface area (Å²) in [5.41, 5.74) is 1.77. The van der Waals surface area contributed by atoms with Crippen molar-refractivity contribution >= 4 is 58.5 Å². The highest BCUT2D eigenvalue weighted by atomic mass is 35.5. The van der Waals surface area contributed by atoms with Crippen LogP contribution in [0.2, 0.25) is 5.02 Å². The van der Waals surface area contributed by atoms with Crippen LogP contribution in [0.25, 0.3) is 17.4 Å². The molecule has 1 fully saturated rings. The molecule has 0 saturated carbocycles. The number of carboxylic acids is 1. The third kappa shape index (κ3) is 4.30. The Morgan fingerprint density at radius 2 is 1.94 bits per heavy atom. The maximum atomic E-state index is 13.3. The summed E-state index contributed by atoms with van der Waals surface area (Å²) in [6.07, 6.45) is 1.99. The van der Waals surface area contributed by atoms with Crippen LogP contribution in [-0.2, 0) is 16.0 Å². The van der Waals surface area contributed by atoms with E-state index < -0.39 is 17.8 Å². The van der Waals surface area contributed by atoms with Crippen LogP contribution in [-0.4, -0.2) is 28.0 Å². The lowest BCUT2D eigenvalue weighted by atomic mass is 10.1. The Bertz CT molecular complexity index is 1340. The van der Waals surface area contributed by atoms with Gasteiger partial charge in [-0.2, -0.15) is 0 Å². The van der Waals surface area contributed by atoms with Crippen molar-refractivity contribution in [3.63, 3.8) is 0 Å². The first-order valence-corrected chi connectivity index (χ1v) is 10.7. The number of para-hydroxylation sites is 1. The van der Waals surface area contributed by atoms with Crippen molar-refractivity contribution in [2.45, 2.75) is 13.3 Å². The van der Waals surface area contributed by atoms with Crippen molar-refractivity contribution in [2.24, 2.45) is 0 Å². The summed E-state index contributed by atoms with van der Waals surface area (Å²) in [5, 5.41) is 12.1. The number of aromatic carboxylic acids is 1. The van der Waals surface area contributed by atoms with E-state index in [1.807, 2.05) is 19.1 Å². The molecule has 1 saturated heterocycles. The minimum absolute atomic E-state index is 0.000418. The molecule has 166 valence electrons. The first kappa shape index (κ1) is 22.4. The van der Waals surface area contributed by atoms with E-state index in [0.29, 0.717) is 28.5 Å². The molecule has 33 heavy (non-hydrogen) atoms. The lowest BCUT2D eigenvalue weighted by Crippen LogP contribution is -2.54. The van der Waals surface area contributed by atoms with Crippen LogP contribution in [0.15, 0.2) is 64.6 Å². The largest absolute Gasteiger partial charge is 0.478 e. The molecule has 2 amide bonds. The van der Waals surface area contributed by atoms with E-state index in [2.05, 4.69) is 5.32 Å². The molecule has 1 aliphatic rings. The van der Waals surface area contributed by atoms with Crippen molar-refractivity contribution < 1.29 is 23.9 Å². The fourth-order valence-corrected chi connectivity index (χ4v) is 3.95. The number of hydrogen-bond acceptors (Lipinski definition) is 5. The van der Waals surface area contributed by atoms with E-state index in [1.165, 1.54) is 29.2 Å². The van der Waals surface area contributed by atoms with Crippen LogP contribution < -0.4 is 10.2 Å². The molecule has 4 rings (SSSR count). The molecule has 2 heterocycles. The molecule has 0 aliphatic carbocycles. The lowest BCUT2D eigenvalue weighted by molar-refractivity contribution is -0.122. The van der Waals surface area contributed by atoms with Crippen molar-refractivity contribution in [1.82, 2.24) is 5.32 Å². The molecule has 0 atom stereocenters. The van der Waals surface area contributed by atoms with Gasteiger partial charge in [-0.05, 0) is 66.7 Å². The molecule has 1 aliphatic heterocycles. The van der Waals surface area contributed by atoms with Crippen LogP contribution in [0.1, 0.15) is 28.6 Å². The number of amides is 2. The SMILES string of the molecule is CCc1ccccc1N1C(=O)/C(=C\c2ccc(-c3cc(C(=O)O)ccc3Cl)o2)C(=O)NC1=S. The van der Waals surface area contributed by atoms with E-state index in [4.69, 9.17) is 28.2 Å². The summed E-state index contributed by atoms with van der Waals surface area (Å²) in [6.45, 7) is 1.96. The van der Waals surface area contributed by atoms with Crippen molar-refractivity contribution in [2.75, 3.05) is 4.90 Å². The highest BCUT2D eigenvalue weighted by molar-refractivity contribution is 7.80. The molecule has 0 spiro atoms. The average Bonchev–Trinajstić information content (AvgIpc) is 3.25. The Morgan fingerprint density at radius 3 is 2.67 bits per heavy atom. The van der Waals surface area contributed by atoms with Crippen LogP contribution in [0.4, 0.5) is 5.69 Å². The van der Waals surface area contributed by atoms with Gasteiger partial charge in [-0.25, -0.2) is 4.79 Å². The number of nitrogens with zero attached hydrogens (tertiary/aromatic N) is 1. The highest BCUT2D eigenvalue weighted by Crippen LogP contribution is 2.32. The molecular weight excluding hydrogens is 464 g/mol. The molecule has 3 aromatic rings. The number of halogens is 1. The molecule has 2 N–H and O–H groups in total. The van der Waals surface area contributed by atoms with Crippen molar-refractivity contribution in [1.29, 1.82) is 0 Å². The van der Waals surface area contributed by atoms with E-state index in [9.17, 15) is 19.5 Å². The Hall–Kier alpha value is -3.75. The van der Waals surface area contributed by atoms with E-state index >= 15 is 0 Å². The predicted molar refractivity (Wildman–Crippen MR) is 128 cm³/mol. The number of carbonyl (C=O) groups is 3. The standard InChI is InChI=1S/C24H17ClN2O5S/c1-2-13-5-3-4-6-19(13)27-22(29)17(21(28)26-24(27)33)12-15-8-10-20(32-15)16-11-14(23(30)31)7-9-18(16)25/h3-12H,2H2,1H3,(H,30,31)(H,26,28,33)/b17-12-. The predicted octanol–water partition coefficient (Wildman–Crippen LogP) is 4.69. The molecule has 0 unspecified atom stereocenters. The molecule has 9 heteroatoms. The van der Waals surface area contributed by atoms with Gasteiger partial charge in [0, 0.05) is 5.56 Å². The van der Waals surface area contributed by atoms with Gasteiger partial charge in [0.2, 0.25) is 0 Å². The second-order valence-electron chi connectivity index (χ2n) is 7.14. The Balaban J connectivity index is 1.71. The molecule has 0 radical (unpaired) electrons. The number of aryl methyl sites for hydroxylation is 1. The number of anilines is 1. The van der Waals surface area contributed by atoms with Gasteiger partial charge in [-0.3, -0.25) is 19.8 Å². The summed E-state index contributed by atoms with van der Waals surface area (Å²) >= 11 is 11.5. The van der Waals surface area contributed by atoms with Crippen LogP contribution >= 0.6 is 23.8 Å². The fraction of sp³-hybridized carbons (Fsp3) is 0.0833. The zero-order chi connectivity index (χ0) is 23.7. The molecule has 2 aromatic carbocycles. The van der Waals surface area contributed by atoms with Gasteiger partial charge in [-0.1, -0.05) is 36.7 Å². The minimum atomic E-state index is -1.10. The molecule has 0 bridgehead atoms. The first-order chi connectivity index (χ1) is 15.8. The summed E-state index contributed by atoms with van der Waals surface area (Å²) < 4.78 is 5.76. The van der Waals surface area contributed by atoms with Crippen LogP contribution in [0.5, 0.6) is 0 Å². The van der Waals surface area contributed by atoms with Gasteiger partial charge in [0.25, 0.3) is 11.8 Å². The summed E-state index contributed by atoms with van der Waals surface area (Å²) in [7, 11) is 0. The number of furan rings is 1. The Morgan fingerprint density at radius 1 is 1.18 bits per heavy atom. The molecule has 7 nitrogen and oxygen atoms in total. The normalized spacial score (nSPS) is 15.2. The van der Waals surface area contributed by atoms with Gasteiger partial charge in [0.05, 0.1) is 16.3 Å². The smallest absolute Gasteiger partial charge is 0.335 e. The molecular formula is C24H17ClN2O5S. The summed E-state index contributed by atoms with van der Waals surface area (Å²) in [6, 6.07) is 14.7. The van der Waals surface area contributed by atoms with Gasteiger partial charge < -0.3 is 9.52 Å². The maximum Gasteiger partial charge on any atom is 0.335 e. The maximum absolute atomic E-state index is 13.3. The summed E-state index contributed by atoms with van der Waals surface area (Å²) in [5.74, 6) is -1.80. The second-order valence-corrected chi connectivity index (χ2v) is 7.94. The Labute approximate surface area is 199 Å². The van der Waals surface area contributed by atoms with Crippen LogP contribution in [0, 0.1) is 0 Å².